The molecule has 3 heteroatoms. The first-order valence-electron chi connectivity index (χ1n) is 5.70. The van der Waals surface area contributed by atoms with Gasteiger partial charge >= 0.3 is 0 Å². The van der Waals surface area contributed by atoms with Crippen LogP contribution < -0.4 is 9.64 Å². The fourth-order valence-electron chi connectivity index (χ4n) is 1.54. The highest BCUT2D eigenvalue weighted by Gasteiger charge is 2.04. The van der Waals surface area contributed by atoms with Gasteiger partial charge in [-0.2, -0.15) is 0 Å². The average Bonchev–Trinajstić information content (AvgIpc) is 2.32. The van der Waals surface area contributed by atoms with Gasteiger partial charge in [0.15, 0.2) is 0 Å². The van der Waals surface area contributed by atoms with E-state index in [0.717, 1.165) is 30.4 Å². The number of quaternary nitrogens is 1. The van der Waals surface area contributed by atoms with E-state index < -0.39 is 0 Å². The second-order valence-corrected chi connectivity index (χ2v) is 4.22. The minimum absolute atomic E-state index is 0.679. The molecule has 0 aliphatic rings. The quantitative estimate of drug-likeness (QED) is 0.699. The average molecular weight is 253 g/mol. The number of halogens is 1. The predicted molar refractivity (Wildman–Crippen MR) is 72.9 cm³/mol. The standard InChI is InChI=1S/C14H18ClNO/c1-3-9-16(10-4-2)11-12-17-14-7-5-13(15)6-8-14/h3-8H,1-2,9-12H2/p+1. The Labute approximate surface area is 108 Å². The molecule has 17 heavy (non-hydrogen) atoms. The van der Waals surface area contributed by atoms with E-state index >= 15 is 0 Å². The Bertz CT molecular complexity index is 338. The van der Waals surface area contributed by atoms with Crippen molar-refractivity contribution in [2.45, 2.75) is 0 Å². The van der Waals surface area contributed by atoms with Gasteiger partial charge in [-0.1, -0.05) is 24.8 Å². The summed E-state index contributed by atoms with van der Waals surface area (Å²) in [5.41, 5.74) is 0. The maximum atomic E-state index is 5.80. The zero-order valence-corrected chi connectivity index (χ0v) is 10.7. The molecule has 0 amide bonds. The van der Waals surface area contributed by atoms with Crippen LogP contribution in [0.15, 0.2) is 49.6 Å². The molecule has 0 atom stereocenters. The summed E-state index contributed by atoms with van der Waals surface area (Å²) in [5, 5.41) is 0.725. The lowest BCUT2D eigenvalue weighted by molar-refractivity contribution is -0.888. The topological polar surface area (TPSA) is 13.7 Å². The van der Waals surface area contributed by atoms with Gasteiger partial charge in [0, 0.05) is 5.02 Å². The van der Waals surface area contributed by atoms with Gasteiger partial charge in [0.25, 0.3) is 0 Å². The summed E-state index contributed by atoms with van der Waals surface area (Å²) in [4.78, 5) is 1.39. The van der Waals surface area contributed by atoms with E-state index in [1.807, 2.05) is 36.4 Å². The molecule has 0 bridgehead atoms. The third-order valence-electron chi connectivity index (χ3n) is 2.40. The molecule has 0 unspecified atom stereocenters. The zero-order chi connectivity index (χ0) is 12.5. The number of hydrogen-bond donors (Lipinski definition) is 1. The van der Waals surface area contributed by atoms with Crippen molar-refractivity contribution in [2.75, 3.05) is 26.2 Å². The lowest BCUT2D eigenvalue weighted by atomic mass is 10.3. The fourth-order valence-corrected chi connectivity index (χ4v) is 1.67. The molecule has 0 aromatic heterocycles. The maximum absolute atomic E-state index is 5.80. The normalized spacial score (nSPS) is 10.2. The summed E-state index contributed by atoms with van der Waals surface area (Å²) in [6, 6.07) is 7.41. The second kappa shape index (κ2) is 7.93. The molecule has 2 nitrogen and oxygen atoms in total. The van der Waals surface area contributed by atoms with E-state index in [1.165, 1.54) is 4.90 Å². The largest absolute Gasteiger partial charge is 0.488 e. The van der Waals surface area contributed by atoms with E-state index in [1.54, 1.807) is 0 Å². The Morgan fingerprint density at radius 1 is 1.12 bits per heavy atom. The first-order valence-corrected chi connectivity index (χ1v) is 6.07. The first kappa shape index (κ1) is 13.8. The van der Waals surface area contributed by atoms with Gasteiger partial charge in [-0.15, -0.1) is 0 Å². The molecule has 0 spiro atoms. The molecule has 0 saturated carbocycles. The van der Waals surface area contributed by atoms with E-state index in [0.29, 0.717) is 6.61 Å². The number of benzene rings is 1. The van der Waals surface area contributed by atoms with Crippen LogP contribution in [-0.4, -0.2) is 26.2 Å². The van der Waals surface area contributed by atoms with E-state index in [4.69, 9.17) is 16.3 Å². The van der Waals surface area contributed by atoms with Gasteiger partial charge < -0.3 is 9.64 Å². The molecule has 1 aromatic rings. The van der Waals surface area contributed by atoms with Crippen LogP contribution in [0.25, 0.3) is 0 Å². The number of hydrogen-bond acceptors (Lipinski definition) is 1. The summed E-state index contributed by atoms with van der Waals surface area (Å²) in [6.07, 6.45) is 3.84. The number of ether oxygens (including phenoxy) is 1. The van der Waals surface area contributed by atoms with Crippen LogP contribution in [0.3, 0.4) is 0 Å². The molecule has 1 aromatic carbocycles. The van der Waals surface area contributed by atoms with Crippen molar-refractivity contribution in [3.05, 3.63) is 54.6 Å². The zero-order valence-electron chi connectivity index (χ0n) is 9.99. The van der Waals surface area contributed by atoms with Crippen molar-refractivity contribution in [1.82, 2.24) is 0 Å². The van der Waals surface area contributed by atoms with Crippen molar-refractivity contribution >= 4 is 11.6 Å². The number of nitrogens with one attached hydrogen (secondary N) is 1. The van der Waals surface area contributed by atoms with Gasteiger partial charge in [0.1, 0.15) is 18.9 Å². The molecular weight excluding hydrogens is 234 g/mol. The molecule has 0 aliphatic carbocycles. The summed E-state index contributed by atoms with van der Waals surface area (Å²) >= 11 is 5.80. The smallest absolute Gasteiger partial charge is 0.137 e. The molecule has 0 fully saturated rings. The predicted octanol–water partition coefficient (Wildman–Crippen LogP) is 1.98. The SMILES string of the molecule is C=CC[NH+](CC=C)CCOc1ccc(Cl)cc1. The van der Waals surface area contributed by atoms with Crippen LogP contribution in [0.2, 0.25) is 5.02 Å². The number of rotatable bonds is 8. The minimum Gasteiger partial charge on any atom is -0.488 e. The molecule has 0 saturated heterocycles. The van der Waals surface area contributed by atoms with Crippen LogP contribution in [0.4, 0.5) is 0 Å². The lowest BCUT2D eigenvalue weighted by Gasteiger charge is -2.16. The van der Waals surface area contributed by atoms with Crippen molar-refractivity contribution in [2.24, 2.45) is 0 Å². The van der Waals surface area contributed by atoms with Crippen molar-refractivity contribution in [3.8, 4) is 5.75 Å². The van der Waals surface area contributed by atoms with E-state index in [-0.39, 0.29) is 0 Å². The Balaban J connectivity index is 2.32. The summed E-state index contributed by atoms with van der Waals surface area (Å²) in [7, 11) is 0. The lowest BCUT2D eigenvalue weighted by Crippen LogP contribution is -3.12. The Morgan fingerprint density at radius 2 is 1.71 bits per heavy atom. The molecule has 1 rings (SSSR count). The van der Waals surface area contributed by atoms with E-state index in [2.05, 4.69) is 13.2 Å². The molecule has 0 radical (unpaired) electrons. The minimum atomic E-state index is 0.679. The third kappa shape index (κ3) is 5.57. The maximum Gasteiger partial charge on any atom is 0.137 e. The van der Waals surface area contributed by atoms with Crippen LogP contribution in [0.5, 0.6) is 5.75 Å². The van der Waals surface area contributed by atoms with Gasteiger partial charge in [-0.05, 0) is 36.4 Å². The summed E-state index contributed by atoms with van der Waals surface area (Å²) in [5.74, 6) is 0.853. The fraction of sp³-hybridized carbons (Fsp3) is 0.286. The molecule has 0 aliphatic heterocycles. The first-order chi connectivity index (χ1) is 8.26. The van der Waals surface area contributed by atoms with E-state index in [9.17, 15) is 0 Å². The van der Waals surface area contributed by atoms with Gasteiger partial charge in [0.2, 0.25) is 0 Å². The van der Waals surface area contributed by atoms with Crippen LogP contribution in [0.1, 0.15) is 0 Å². The van der Waals surface area contributed by atoms with Gasteiger partial charge in [-0.25, -0.2) is 0 Å². The van der Waals surface area contributed by atoms with Gasteiger partial charge in [0.05, 0.1) is 13.1 Å². The van der Waals surface area contributed by atoms with Crippen molar-refractivity contribution < 1.29 is 9.64 Å². The van der Waals surface area contributed by atoms with Crippen molar-refractivity contribution in [3.63, 3.8) is 0 Å². The van der Waals surface area contributed by atoms with Gasteiger partial charge in [-0.3, -0.25) is 0 Å². The Kier molecular flexibility index (Phi) is 6.45. The van der Waals surface area contributed by atoms with Crippen LogP contribution in [-0.2, 0) is 0 Å². The Morgan fingerprint density at radius 3 is 2.24 bits per heavy atom. The summed E-state index contributed by atoms with van der Waals surface area (Å²) in [6.45, 7) is 11.0. The molecule has 0 heterocycles. The molecule has 92 valence electrons. The monoisotopic (exact) mass is 252 g/mol. The highest BCUT2D eigenvalue weighted by molar-refractivity contribution is 6.30. The highest BCUT2D eigenvalue weighted by atomic mass is 35.5. The third-order valence-corrected chi connectivity index (χ3v) is 2.66. The van der Waals surface area contributed by atoms with Crippen molar-refractivity contribution in [1.29, 1.82) is 0 Å². The Hall–Kier alpha value is -1.25. The molecular formula is C14H19ClNO+. The highest BCUT2D eigenvalue weighted by Crippen LogP contribution is 2.14. The van der Waals surface area contributed by atoms with Crippen LogP contribution >= 0.6 is 11.6 Å². The second-order valence-electron chi connectivity index (χ2n) is 3.79. The molecule has 1 N–H and O–H groups in total. The summed E-state index contributed by atoms with van der Waals surface area (Å²) < 4.78 is 5.64. The van der Waals surface area contributed by atoms with Crippen LogP contribution in [0, 0.1) is 0 Å².